The van der Waals surface area contributed by atoms with Crippen LogP contribution in [0.25, 0.3) is 11.1 Å². The first-order valence-electron chi connectivity index (χ1n) is 27.5. The number of benzene rings is 2. The van der Waals surface area contributed by atoms with Gasteiger partial charge in [0.05, 0.1) is 5.57 Å². The summed E-state index contributed by atoms with van der Waals surface area (Å²) in [6.45, 7) is 13.1. The Bertz CT molecular complexity index is 1810. The minimum atomic E-state index is 0. The number of hydrogen-bond acceptors (Lipinski definition) is 0. The van der Waals surface area contributed by atoms with Crippen LogP contribution in [0.4, 0.5) is 0 Å². The summed E-state index contributed by atoms with van der Waals surface area (Å²) in [7, 11) is 0. The Labute approximate surface area is 432 Å². The number of nitrogens with zero attached hydrogens (tertiary/aromatic N) is 2. The van der Waals surface area contributed by atoms with Crippen LogP contribution in [0.3, 0.4) is 0 Å². The minimum absolute atomic E-state index is 0. The average Bonchev–Trinajstić information content (AvgIpc) is 3.35. The Morgan fingerprint density at radius 3 is 1.35 bits per heavy atom. The Hall–Kier alpha value is -3.93. The first kappa shape index (κ1) is 66.2. The van der Waals surface area contributed by atoms with Crippen molar-refractivity contribution < 1.29 is 21.3 Å². The quantitative estimate of drug-likeness (QED) is 0.00965. The van der Waals surface area contributed by atoms with Crippen LogP contribution in [0.2, 0.25) is 0 Å². The van der Waals surface area contributed by atoms with Crippen LogP contribution in [-0.4, -0.2) is 10.7 Å². The van der Waals surface area contributed by atoms with Gasteiger partial charge in [0.25, 0.3) is 0 Å². The molecule has 0 aliphatic rings. The zero-order valence-corrected chi connectivity index (χ0v) is 45.6. The van der Waals surface area contributed by atoms with Gasteiger partial charge in [-0.2, -0.15) is 0 Å². The molecule has 0 unspecified atom stereocenters. The second kappa shape index (κ2) is 52.4. The normalized spacial score (nSPS) is 10.3. The molecule has 0 spiro atoms. The zero-order valence-electron chi connectivity index (χ0n) is 44.6. The van der Waals surface area contributed by atoms with Crippen molar-refractivity contribution in [2.75, 3.05) is 0 Å². The standard InChI is InChI=1S/C49H70N2.2C8H13.Ni/c1-5-9-13-16-17-18-19-20-21-22-23-24-25-26-29-35-44-37-31-33-41-47(44)49(46-40-32-30-36-43(46)34-27-14-10-6-2)48(39-12-8-4)45(42-51-50)38-28-15-11-7-3;2*1-3-5-7-8-6-4-2;/h30-33,36-37,40-41H,5,7-9,11-24,27-29,34-35,38-39H2,1-4H3;2*3,5-8H2,1H3;/q;2*-1;+2. The van der Waals surface area contributed by atoms with E-state index in [-0.39, 0.29) is 16.5 Å². The Morgan fingerprint density at radius 2 is 0.868 bits per heavy atom. The van der Waals surface area contributed by atoms with E-state index in [2.05, 4.69) is 129 Å². The van der Waals surface area contributed by atoms with Gasteiger partial charge in [0.1, 0.15) is 0 Å². The second-order valence-electron chi connectivity index (χ2n) is 18.2. The molecule has 0 N–H and O–H groups in total. The molecule has 0 saturated carbocycles. The van der Waals surface area contributed by atoms with E-state index < -0.39 is 0 Å². The molecule has 376 valence electrons. The van der Waals surface area contributed by atoms with Gasteiger partial charge in [-0.05, 0) is 117 Å². The number of hydrogen-bond donors (Lipinski definition) is 0. The van der Waals surface area contributed by atoms with Gasteiger partial charge in [-0.25, -0.2) is 0 Å². The van der Waals surface area contributed by atoms with Crippen LogP contribution in [0, 0.1) is 48.4 Å². The molecule has 0 aromatic heterocycles. The molecule has 0 radical (unpaired) electrons. The maximum absolute atomic E-state index is 9.86. The van der Waals surface area contributed by atoms with Crippen LogP contribution in [0.15, 0.2) is 59.7 Å². The molecule has 2 rings (SSSR count). The van der Waals surface area contributed by atoms with Gasteiger partial charge < -0.3 is 30.2 Å². The average molecular weight is 964 g/mol. The molecule has 2 aromatic rings. The third-order valence-corrected chi connectivity index (χ3v) is 12.3. The Kier molecular flexibility index (Phi) is 51.0. The van der Waals surface area contributed by atoms with Crippen LogP contribution < -0.4 is 0 Å². The molecule has 0 aliphatic carbocycles. The van der Waals surface area contributed by atoms with Crippen LogP contribution in [-0.2, 0) is 29.3 Å². The van der Waals surface area contributed by atoms with Crippen molar-refractivity contribution in [1.82, 2.24) is 0 Å². The maximum Gasteiger partial charge on any atom is 2.00 e. The predicted octanol–water partition coefficient (Wildman–Crippen LogP) is 19.5. The van der Waals surface area contributed by atoms with Gasteiger partial charge in [0, 0.05) is 19.3 Å². The molecule has 0 atom stereocenters. The van der Waals surface area contributed by atoms with E-state index >= 15 is 0 Å². The first-order chi connectivity index (χ1) is 33.0. The third-order valence-electron chi connectivity index (χ3n) is 12.3. The molecular formula is C65H96N2Ni. The van der Waals surface area contributed by atoms with Gasteiger partial charge in [-0.3, -0.25) is 0 Å². The van der Waals surface area contributed by atoms with Crippen molar-refractivity contribution in [3.8, 4) is 35.5 Å². The fourth-order valence-corrected chi connectivity index (χ4v) is 8.30. The van der Waals surface area contributed by atoms with Crippen molar-refractivity contribution >= 4 is 11.4 Å². The van der Waals surface area contributed by atoms with E-state index in [1.807, 2.05) is 6.92 Å². The van der Waals surface area contributed by atoms with Gasteiger partial charge in [0.15, 0.2) is 0 Å². The monoisotopic (exact) mass is 963 g/mol. The topological polar surface area (TPSA) is 36.4 Å². The van der Waals surface area contributed by atoms with Crippen molar-refractivity contribution in [3.05, 3.63) is 100 Å². The summed E-state index contributed by atoms with van der Waals surface area (Å²) in [5.74, 6) is 21.2. The van der Waals surface area contributed by atoms with Crippen molar-refractivity contribution in [3.63, 3.8) is 0 Å². The van der Waals surface area contributed by atoms with E-state index in [1.165, 1.54) is 162 Å². The molecule has 0 bridgehead atoms. The molecule has 2 aromatic carbocycles. The summed E-state index contributed by atoms with van der Waals surface area (Å²) in [5, 5.41) is 0. The molecule has 0 amide bonds. The summed E-state index contributed by atoms with van der Waals surface area (Å²) in [6, 6.07) is 17.9. The molecule has 3 heteroatoms. The number of rotatable bonds is 35. The predicted molar refractivity (Wildman–Crippen MR) is 295 cm³/mol. The number of aryl methyl sites for hydroxylation is 2. The van der Waals surface area contributed by atoms with E-state index in [9.17, 15) is 5.53 Å². The first-order valence-corrected chi connectivity index (χ1v) is 27.5. The van der Waals surface area contributed by atoms with Gasteiger partial charge in [0.2, 0.25) is 0 Å². The van der Waals surface area contributed by atoms with E-state index in [0.717, 1.165) is 102 Å². The van der Waals surface area contributed by atoms with Crippen molar-refractivity contribution in [2.24, 2.45) is 0 Å². The minimum Gasteiger partial charge on any atom is -0.694 e. The van der Waals surface area contributed by atoms with Crippen LogP contribution in [0.5, 0.6) is 0 Å². The SMILES string of the molecule is CC#CCCCc1ccccc1C(=C(CCCC)C(=C=[N+]=[N-])CCCCCC)c1ccccc1CCC#CCCCCCCCCCCCCC.[C-]#CCCCCCC.[C-]#CCCCCCC.[Ni+2]. The fourth-order valence-electron chi connectivity index (χ4n) is 8.30. The van der Waals surface area contributed by atoms with Gasteiger partial charge in [-0.15, -0.1) is 28.5 Å². The molecule has 0 heterocycles. The largest absolute Gasteiger partial charge is 2.00 e. The second-order valence-corrected chi connectivity index (χ2v) is 18.2. The van der Waals surface area contributed by atoms with Crippen LogP contribution in [0.1, 0.15) is 276 Å². The molecular weight excluding hydrogens is 867 g/mol. The maximum atomic E-state index is 9.86. The summed E-state index contributed by atoms with van der Waals surface area (Å²) in [5.41, 5.74) is 18.7. The number of unbranched alkanes of at least 4 members (excludes halogenated alkanes) is 24. The smallest absolute Gasteiger partial charge is 0.694 e. The van der Waals surface area contributed by atoms with Gasteiger partial charge >= 0.3 is 22.4 Å². The van der Waals surface area contributed by atoms with Crippen molar-refractivity contribution in [1.29, 1.82) is 0 Å². The summed E-state index contributed by atoms with van der Waals surface area (Å²) in [6.07, 6.45) is 54.3. The van der Waals surface area contributed by atoms with Crippen LogP contribution >= 0.6 is 0 Å². The molecule has 2 nitrogen and oxygen atoms in total. The van der Waals surface area contributed by atoms with E-state index in [0.29, 0.717) is 0 Å². The zero-order chi connectivity index (χ0) is 49.1. The van der Waals surface area contributed by atoms with Crippen molar-refractivity contribution in [2.45, 2.75) is 266 Å². The molecule has 0 aliphatic heterocycles. The summed E-state index contributed by atoms with van der Waals surface area (Å²) < 4.78 is 0. The third kappa shape index (κ3) is 36.1. The van der Waals surface area contributed by atoms with E-state index in [1.54, 1.807) is 0 Å². The molecule has 68 heavy (non-hydrogen) atoms. The summed E-state index contributed by atoms with van der Waals surface area (Å²) in [4.78, 5) is 3.52. The van der Waals surface area contributed by atoms with E-state index in [4.69, 9.17) is 12.8 Å². The van der Waals surface area contributed by atoms with Gasteiger partial charge in [-0.1, -0.05) is 212 Å². The fraction of sp³-hybridized carbons (Fsp3) is 0.631. The molecule has 0 saturated heterocycles. The molecule has 0 fully saturated rings. The Morgan fingerprint density at radius 1 is 0.456 bits per heavy atom. The summed E-state index contributed by atoms with van der Waals surface area (Å²) >= 11 is 0. The number of allylic oxidation sites excluding steroid dienone is 2. The Balaban J connectivity index is 0.